The fraction of sp³-hybridized carbons (Fsp3) is 1.00. The van der Waals surface area contributed by atoms with Crippen molar-refractivity contribution in [3.05, 3.63) is 0 Å². The highest BCUT2D eigenvalue weighted by atomic mass is 15.1. The monoisotopic (exact) mass is 252 g/mol. The van der Waals surface area contributed by atoms with E-state index in [0.717, 1.165) is 6.04 Å². The fourth-order valence-corrected chi connectivity index (χ4v) is 3.54. The lowest BCUT2D eigenvalue weighted by Gasteiger charge is -2.35. The maximum absolute atomic E-state index is 3.80. The molecule has 2 saturated carbocycles. The summed E-state index contributed by atoms with van der Waals surface area (Å²) in [7, 11) is 0. The van der Waals surface area contributed by atoms with Crippen LogP contribution in [0.15, 0.2) is 0 Å². The summed E-state index contributed by atoms with van der Waals surface area (Å²) in [5, 5.41) is 3.80. The molecule has 0 bridgehead atoms. The molecule has 0 aromatic heterocycles. The molecule has 0 aliphatic heterocycles. The highest BCUT2D eigenvalue weighted by Crippen LogP contribution is 2.39. The van der Waals surface area contributed by atoms with Crippen molar-refractivity contribution >= 4 is 0 Å². The largest absolute Gasteiger partial charge is 0.313 e. The van der Waals surface area contributed by atoms with Crippen molar-refractivity contribution in [3.8, 4) is 0 Å². The third-order valence-corrected chi connectivity index (χ3v) is 4.65. The molecule has 2 nitrogen and oxygen atoms in total. The molecule has 0 heterocycles. The molecule has 0 spiro atoms. The average molecular weight is 252 g/mol. The van der Waals surface area contributed by atoms with E-state index >= 15 is 0 Å². The molecule has 2 rings (SSSR count). The summed E-state index contributed by atoms with van der Waals surface area (Å²) in [6.45, 7) is 9.83. The van der Waals surface area contributed by atoms with Gasteiger partial charge in [0.2, 0.25) is 0 Å². The Morgan fingerprint density at radius 2 is 1.67 bits per heavy atom. The zero-order chi connectivity index (χ0) is 12.8. The van der Waals surface area contributed by atoms with Crippen molar-refractivity contribution in [3.63, 3.8) is 0 Å². The molecule has 2 aliphatic carbocycles. The molecule has 1 N–H and O–H groups in total. The van der Waals surface area contributed by atoms with Crippen LogP contribution in [0.25, 0.3) is 0 Å². The van der Waals surface area contributed by atoms with Crippen LogP contribution in [0.2, 0.25) is 0 Å². The lowest BCUT2D eigenvalue weighted by atomic mass is 9.85. The van der Waals surface area contributed by atoms with E-state index in [4.69, 9.17) is 0 Å². The molecule has 0 amide bonds. The summed E-state index contributed by atoms with van der Waals surface area (Å²) in [4.78, 5) is 2.72. The van der Waals surface area contributed by atoms with Crippen molar-refractivity contribution in [2.75, 3.05) is 26.2 Å². The first-order valence-corrected chi connectivity index (χ1v) is 8.24. The molecule has 2 heteroatoms. The minimum Gasteiger partial charge on any atom is -0.313 e. The molecule has 0 saturated heterocycles. The van der Waals surface area contributed by atoms with Crippen LogP contribution in [0.5, 0.6) is 0 Å². The molecule has 18 heavy (non-hydrogen) atoms. The van der Waals surface area contributed by atoms with E-state index in [1.165, 1.54) is 77.5 Å². The Bertz CT molecular complexity index is 223. The lowest BCUT2D eigenvalue weighted by molar-refractivity contribution is 0.148. The van der Waals surface area contributed by atoms with Gasteiger partial charge in [0.1, 0.15) is 0 Å². The van der Waals surface area contributed by atoms with Gasteiger partial charge in [-0.15, -0.1) is 0 Å². The normalized spacial score (nSPS) is 22.8. The van der Waals surface area contributed by atoms with Crippen molar-refractivity contribution in [1.29, 1.82) is 0 Å². The van der Waals surface area contributed by atoms with E-state index in [0.29, 0.717) is 5.41 Å². The summed E-state index contributed by atoms with van der Waals surface area (Å²) < 4.78 is 0. The summed E-state index contributed by atoms with van der Waals surface area (Å²) in [6.07, 6.45) is 11.3. The van der Waals surface area contributed by atoms with Crippen molar-refractivity contribution in [1.82, 2.24) is 10.2 Å². The lowest BCUT2D eigenvalue weighted by Crippen LogP contribution is -2.43. The van der Waals surface area contributed by atoms with E-state index in [1.807, 2.05) is 0 Å². The predicted molar refractivity (Wildman–Crippen MR) is 78.9 cm³/mol. The van der Waals surface area contributed by atoms with Crippen LogP contribution in [0.1, 0.15) is 65.2 Å². The molecule has 0 aromatic rings. The average Bonchev–Trinajstić information content (AvgIpc) is 3.08. The first-order chi connectivity index (χ1) is 8.78. The van der Waals surface area contributed by atoms with Gasteiger partial charge in [-0.05, 0) is 57.0 Å². The molecule has 2 fully saturated rings. The molecule has 0 atom stereocenters. The molecular formula is C16H32N2. The second kappa shape index (κ2) is 6.91. The Kier molecular flexibility index (Phi) is 5.50. The van der Waals surface area contributed by atoms with Gasteiger partial charge >= 0.3 is 0 Å². The van der Waals surface area contributed by atoms with Gasteiger partial charge in [-0.2, -0.15) is 0 Å². The zero-order valence-electron chi connectivity index (χ0n) is 12.5. The third-order valence-electron chi connectivity index (χ3n) is 4.65. The minimum atomic E-state index is 0.604. The summed E-state index contributed by atoms with van der Waals surface area (Å²) in [5.41, 5.74) is 0.604. The number of rotatable bonds is 9. The number of hydrogen-bond donors (Lipinski definition) is 1. The molecule has 106 valence electrons. The van der Waals surface area contributed by atoms with E-state index in [1.54, 1.807) is 0 Å². The van der Waals surface area contributed by atoms with Gasteiger partial charge in [0.15, 0.2) is 0 Å². The van der Waals surface area contributed by atoms with Gasteiger partial charge in [-0.25, -0.2) is 0 Å². The van der Waals surface area contributed by atoms with Crippen LogP contribution in [0, 0.1) is 5.41 Å². The van der Waals surface area contributed by atoms with Crippen molar-refractivity contribution in [2.24, 2.45) is 5.41 Å². The Morgan fingerprint density at radius 1 is 1.06 bits per heavy atom. The number of nitrogens with one attached hydrogen (secondary N) is 1. The molecule has 0 radical (unpaired) electrons. The van der Waals surface area contributed by atoms with Gasteiger partial charge in [0, 0.05) is 19.1 Å². The van der Waals surface area contributed by atoms with E-state index in [9.17, 15) is 0 Å². The van der Waals surface area contributed by atoms with E-state index in [-0.39, 0.29) is 0 Å². The smallest absolute Gasteiger partial charge is 0.00684 e. The standard InChI is InChI=1S/C16H32N2/c1-3-11-18(12-4-2)14-16(9-5-6-10-16)13-17-15-7-8-15/h15,17H,3-14H2,1-2H3. The topological polar surface area (TPSA) is 15.3 Å². The number of hydrogen-bond acceptors (Lipinski definition) is 2. The quantitative estimate of drug-likeness (QED) is 0.676. The second-order valence-electron chi connectivity index (χ2n) is 6.64. The highest BCUT2D eigenvalue weighted by molar-refractivity contribution is 4.92. The van der Waals surface area contributed by atoms with Crippen LogP contribution in [0.4, 0.5) is 0 Å². The predicted octanol–water partition coefficient (Wildman–Crippen LogP) is 3.42. The van der Waals surface area contributed by atoms with Crippen LogP contribution in [0.3, 0.4) is 0 Å². The Hall–Kier alpha value is -0.0800. The number of nitrogens with zero attached hydrogens (tertiary/aromatic N) is 1. The summed E-state index contributed by atoms with van der Waals surface area (Å²) in [5.74, 6) is 0. The maximum atomic E-state index is 3.80. The Balaban J connectivity index is 1.85. The molecule has 0 unspecified atom stereocenters. The Morgan fingerprint density at radius 3 is 2.17 bits per heavy atom. The van der Waals surface area contributed by atoms with E-state index < -0.39 is 0 Å². The van der Waals surface area contributed by atoms with Crippen LogP contribution in [-0.4, -0.2) is 37.1 Å². The van der Waals surface area contributed by atoms with Gasteiger partial charge in [-0.1, -0.05) is 26.7 Å². The minimum absolute atomic E-state index is 0.604. The molecule has 2 aliphatic rings. The SMILES string of the molecule is CCCN(CCC)CC1(CNC2CC2)CCCC1. The van der Waals surface area contributed by atoms with E-state index in [2.05, 4.69) is 24.1 Å². The summed E-state index contributed by atoms with van der Waals surface area (Å²) in [6, 6.07) is 0.869. The van der Waals surface area contributed by atoms with Crippen LogP contribution >= 0.6 is 0 Å². The van der Waals surface area contributed by atoms with Crippen molar-refractivity contribution < 1.29 is 0 Å². The zero-order valence-corrected chi connectivity index (χ0v) is 12.5. The fourth-order valence-electron chi connectivity index (χ4n) is 3.54. The third kappa shape index (κ3) is 4.24. The van der Waals surface area contributed by atoms with Gasteiger partial charge in [0.05, 0.1) is 0 Å². The maximum Gasteiger partial charge on any atom is 0.00684 e. The Labute approximate surface area is 114 Å². The first-order valence-electron chi connectivity index (χ1n) is 8.24. The first kappa shape index (κ1) is 14.3. The van der Waals surface area contributed by atoms with Crippen molar-refractivity contribution in [2.45, 2.75) is 71.3 Å². The second-order valence-corrected chi connectivity index (χ2v) is 6.64. The summed E-state index contributed by atoms with van der Waals surface area (Å²) >= 11 is 0. The van der Waals surface area contributed by atoms with Crippen LogP contribution < -0.4 is 5.32 Å². The molecule has 0 aromatic carbocycles. The van der Waals surface area contributed by atoms with Gasteiger partial charge in [-0.3, -0.25) is 0 Å². The van der Waals surface area contributed by atoms with Gasteiger partial charge in [0.25, 0.3) is 0 Å². The van der Waals surface area contributed by atoms with Gasteiger partial charge < -0.3 is 10.2 Å². The van der Waals surface area contributed by atoms with Crippen LogP contribution in [-0.2, 0) is 0 Å². The molecular weight excluding hydrogens is 220 g/mol. The highest BCUT2D eigenvalue weighted by Gasteiger charge is 2.36.